The Hall–Kier alpha value is -1.79. The third-order valence-corrected chi connectivity index (χ3v) is 4.54. The molecular formula is C12H9ClO5S. The highest BCUT2D eigenvalue weighted by atomic mass is 35.5. The highest BCUT2D eigenvalue weighted by Gasteiger charge is 2.21. The number of benzene rings is 1. The Morgan fingerprint density at radius 2 is 2.00 bits per heavy atom. The fraction of sp³-hybridized carbons (Fsp3) is 0.0833. The van der Waals surface area contributed by atoms with Crippen LogP contribution in [-0.4, -0.2) is 19.5 Å². The van der Waals surface area contributed by atoms with Crippen LogP contribution in [0.4, 0.5) is 0 Å². The average molecular weight is 301 g/mol. The normalized spacial score (nSPS) is 11.4. The molecule has 1 N–H and O–H groups in total. The maximum Gasteiger partial charge on any atom is 0.338 e. The van der Waals surface area contributed by atoms with Gasteiger partial charge in [0.25, 0.3) is 0 Å². The van der Waals surface area contributed by atoms with Gasteiger partial charge in [0.2, 0.25) is 0 Å². The van der Waals surface area contributed by atoms with Gasteiger partial charge in [-0.15, -0.1) is 0 Å². The van der Waals surface area contributed by atoms with Crippen LogP contribution in [0.1, 0.15) is 16.1 Å². The SMILES string of the molecule is O=C(O)c1coc(CS(=O)(=O)c2ccccc2Cl)c1. The lowest BCUT2D eigenvalue weighted by atomic mass is 10.3. The van der Waals surface area contributed by atoms with Crippen molar-refractivity contribution in [3.63, 3.8) is 0 Å². The number of hydrogen-bond acceptors (Lipinski definition) is 4. The molecule has 0 aliphatic heterocycles. The quantitative estimate of drug-likeness (QED) is 0.938. The minimum absolute atomic E-state index is 0.00931. The number of carboxylic acid groups (broad SMARTS) is 1. The van der Waals surface area contributed by atoms with Crippen molar-refractivity contribution in [1.29, 1.82) is 0 Å². The van der Waals surface area contributed by atoms with Gasteiger partial charge in [0.1, 0.15) is 17.8 Å². The molecule has 0 fully saturated rings. The first-order valence-electron chi connectivity index (χ1n) is 5.18. The van der Waals surface area contributed by atoms with Gasteiger partial charge in [0.15, 0.2) is 9.84 Å². The number of hydrogen-bond donors (Lipinski definition) is 1. The van der Waals surface area contributed by atoms with E-state index in [-0.39, 0.29) is 21.2 Å². The van der Waals surface area contributed by atoms with Crippen LogP contribution in [0.25, 0.3) is 0 Å². The van der Waals surface area contributed by atoms with E-state index in [1.807, 2.05) is 0 Å². The second-order valence-corrected chi connectivity index (χ2v) is 6.16. The number of aromatic carboxylic acids is 1. The van der Waals surface area contributed by atoms with E-state index in [4.69, 9.17) is 21.1 Å². The second kappa shape index (κ2) is 5.07. The summed E-state index contributed by atoms with van der Waals surface area (Å²) in [6.07, 6.45) is 1.000. The summed E-state index contributed by atoms with van der Waals surface area (Å²) >= 11 is 5.83. The molecule has 0 aliphatic carbocycles. The topological polar surface area (TPSA) is 84.6 Å². The molecule has 0 amide bonds. The summed E-state index contributed by atoms with van der Waals surface area (Å²) in [6, 6.07) is 7.22. The third kappa shape index (κ3) is 2.97. The van der Waals surface area contributed by atoms with Crippen molar-refractivity contribution in [1.82, 2.24) is 0 Å². The number of furan rings is 1. The highest BCUT2D eigenvalue weighted by molar-refractivity contribution is 7.90. The van der Waals surface area contributed by atoms with Crippen LogP contribution in [0, 0.1) is 0 Å². The van der Waals surface area contributed by atoms with Crippen LogP contribution in [0.2, 0.25) is 5.02 Å². The van der Waals surface area contributed by atoms with Crippen molar-refractivity contribution in [3.8, 4) is 0 Å². The molecule has 0 spiro atoms. The Morgan fingerprint density at radius 3 is 2.58 bits per heavy atom. The molecule has 0 radical (unpaired) electrons. The maximum atomic E-state index is 12.1. The lowest BCUT2D eigenvalue weighted by Crippen LogP contribution is -2.05. The molecule has 5 nitrogen and oxygen atoms in total. The Morgan fingerprint density at radius 1 is 1.32 bits per heavy atom. The Kier molecular flexibility index (Phi) is 3.64. The monoisotopic (exact) mass is 300 g/mol. The lowest BCUT2D eigenvalue weighted by molar-refractivity contribution is 0.0696. The second-order valence-electron chi connectivity index (χ2n) is 3.80. The van der Waals surface area contributed by atoms with Gasteiger partial charge in [-0.2, -0.15) is 0 Å². The van der Waals surface area contributed by atoms with Crippen molar-refractivity contribution >= 4 is 27.4 Å². The highest BCUT2D eigenvalue weighted by Crippen LogP contribution is 2.24. The van der Waals surface area contributed by atoms with E-state index >= 15 is 0 Å². The lowest BCUT2D eigenvalue weighted by Gasteiger charge is -2.04. The first-order valence-corrected chi connectivity index (χ1v) is 7.21. The van der Waals surface area contributed by atoms with Crippen LogP contribution in [0.5, 0.6) is 0 Å². The molecule has 100 valence electrons. The summed E-state index contributed by atoms with van der Waals surface area (Å²) in [6.45, 7) is 0. The first kappa shape index (κ1) is 13.6. The first-order chi connectivity index (χ1) is 8.90. The van der Waals surface area contributed by atoms with Gasteiger partial charge in [-0.3, -0.25) is 0 Å². The van der Waals surface area contributed by atoms with Gasteiger partial charge in [0.05, 0.1) is 15.5 Å². The Bertz CT molecular complexity index is 717. The van der Waals surface area contributed by atoms with Crippen LogP contribution in [0.15, 0.2) is 45.9 Å². The summed E-state index contributed by atoms with van der Waals surface area (Å²) < 4.78 is 29.1. The van der Waals surface area contributed by atoms with Gasteiger partial charge >= 0.3 is 5.97 Å². The molecule has 1 heterocycles. The van der Waals surface area contributed by atoms with Crippen molar-refractivity contribution < 1.29 is 22.7 Å². The zero-order valence-corrected chi connectivity index (χ0v) is 11.1. The number of halogens is 1. The van der Waals surface area contributed by atoms with E-state index in [1.165, 1.54) is 18.2 Å². The van der Waals surface area contributed by atoms with Crippen molar-refractivity contribution in [2.24, 2.45) is 0 Å². The third-order valence-electron chi connectivity index (χ3n) is 2.40. The van der Waals surface area contributed by atoms with Gasteiger partial charge in [-0.05, 0) is 18.2 Å². The van der Waals surface area contributed by atoms with Crippen molar-refractivity contribution in [2.45, 2.75) is 10.6 Å². The van der Waals surface area contributed by atoms with Crippen molar-refractivity contribution in [2.75, 3.05) is 0 Å². The standard InChI is InChI=1S/C12H9ClO5S/c13-10-3-1-2-4-11(10)19(16,17)7-9-5-8(6-18-9)12(14)15/h1-6H,7H2,(H,14,15). The van der Waals surface area contributed by atoms with Crippen LogP contribution in [-0.2, 0) is 15.6 Å². The van der Waals surface area contributed by atoms with Gasteiger partial charge in [0, 0.05) is 0 Å². The van der Waals surface area contributed by atoms with E-state index in [9.17, 15) is 13.2 Å². The van der Waals surface area contributed by atoms with Gasteiger partial charge in [-0.25, -0.2) is 13.2 Å². The molecule has 0 atom stereocenters. The smallest absolute Gasteiger partial charge is 0.338 e. The molecule has 7 heteroatoms. The molecule has 0 aliphatic rings. The Balaban J connectivity index is 2.31. The maximum absolute atomic E-state index is 12.1. The van der Waals surface area contributed by atoms with Gasteiger partial charge in [-0.1, -0.05) is 23.7 Å². The van der Waals surface area contributed by atoms with E-state index in [0.29, 0.717) is 0 Å². The fourth-order valence-corrected chi connectivity index (χ4v) is 3.35. The Labute approximate surface area is 114 Å². The number of carbonyl (C=O) groups is 1. The van der Waals surface area contributed by atoms with Gasteiger partial charge < -0.3 is 9.52 Å². The molecule has 2 rings (SSSR count). The molecular weight excluding hydrogens is 292 g/mol. The number of rotatable bonds is 4. The molecule has 1 aromatic heterocycles. The van der Waals surface area contributed by atoms with E-state index < -0.39 is 21.6 Å². The summed E-state index contributed by atoms with van der Waals surface area (Å²) in [5.41, 5.74) is -0.0932. The minimum atomic E-state index is -3.67. The molecule has 2 aromatic rings. The number of sulfone groups is 1. The fourth-order valence-electron chi connectivity index (χ4n) is 1.53. The summed E-state index contributed by atoms with van der Waals surface area (Å²) in [4.78, 5) is 10.7. The molecule has 0 bridgehead atoms. The van der Waals surface area contributed by atoms with E-state index in [2.05, 4.69) is 0 Å². The molecule has 0 saturated carbocycles. The van der Waals surface area contributed by atoms with Crippen molar-refractivity contribution in [3.05, 3.63) is 52.9 Å². The predicted molar refractivity (Wildman–Crippen MR) is 68.0 cm³/mol. The number of carboxylic acids is 1. The van der Waals surface area contributed by atoms with E-state index in [1.54, 1.807) is 12.1 Å². The zero-order valence-electron chi connectivity index (χ0n) is 9.54. The predicted octanol–water partition coefficient (Wildman–Crippen LogP) is 2.61. The molecule has 1 aromatic carbocycles. The zero-order chi connectivity index (χ0) is 14.0. The average Bonchev–Trinajstić information content (AvgIpc) is 2.77. The largest absolute Gasteiger partial charge is 0.478 e. The van der Waals surface area contributed by atoms with Crippen LogP contribution in [0.3, 0.4) is 0 Å². The molecule has 19 heavy (non-hydrogen) atoms. The summed E-state index contributed by atoms with van der Waals surface area (Å²) in [7, 11) is -3.67. The molecule has 0 saturated heterocycles. The minimum Gasteiger partial charge on any atom is -0.478 e. The van der Waals surface area contributed by atoms with Crippen LogP contribution >= 0.6 is 11.6 Å². The summed E-state index contributed by atoms with van der Waals surface area (Å²) in [5.74, 6) is -1.56. The van der Waals surface area contributed by atoms with Crippen LogP contribution < -0.4 is 0 Å². The summed E-state index contributed by atoms with van der Waals surface area (Å²) in [5, 5.41) is 8.85. The van der Waals surface area contributed by atoms with E-state index in [0.717, 1.165) is 6.26 Å². The molecule has 0 unspecified atom stereocenters.